The van der Waals surface area contributed by atoms with Crippen LogP contribution in [0.5, 0.6) is 5.75 Å². The minimum atomic E-state index is -2.09. The van der Waals surface area contributed by atoms with Crippen molar-refractivity contribution in [3.63, 3.8) is 0 Å². The molecule has 0 aromatic heterocycles. The van der Waals surface area contributed by atoms with Crippen LogP contribution in [-0.2, 0) is 29.5 Å². The van der Waals surface area contributed by atoms with Gasteiger partial charge < -0.3 is 28.8 Å². The third kappa shape index (κ3) is 3.62. The molecule has 0 spiro atoms. The Balaban J connectivity index is 1.88. The molecule has 0 amide bonds. The van der Waals surface area contributed by atoms with Crippen LogP contribution in [0.2, 0.25) is 0 Å². The molecule has 0 bridgehead atoms. The van der Waals surface area contributed by atoms with Crippen molar-refractivity contribution in [1.29, 1.82) is 0 Å². The van der Waals surface area contributed by atoms with E-state index in [0.717, 1.165) is 0 Å². The number of ether oxygens (including phenoxy) is 5. The summed E-state index contributed by atoms with van der Waals surface area (Å²) in [6, 6.07) is 13.2. The highest BCUT2D eigenvalue weighted by atomic mass is 16.7. The molecule has 2 aromatic carbocycles. The Kier molecular flexibility index (Phi) is 5.39. The first-order valence-corrected chi connectivity index (χ1v) is 9.41. The number of carbonyl (C=O) groups is 2. The van der Waals surface area contributed by atoms with E-state index in [9.17, 15) is 14.7 Å². The van der Waals surface area contributed by atoms with E-state index in [0.29, 0.717) is 22.6 Å². The zero-order valence-corrected chi connectivity index (χ0v) is 16.9. The standard InChI is InChI=1S/C23H20O8/c1-27-15-9-7-14(8-10-15)23(26)18(11-20(24)31-23)21(19-12-29-13-30-19)16-5-3-4-6-17(16)22(25)28-2/h3-12,21,26H,13H2,1-2H3. The van der Waals surface area contributed by atoms with Crippen molar-refractivity contribution in [2.75, 3.05) is 21.0 Å². The largest absolute Gasteiger partial charge is 0.497 e. The molecule has 8 nitrogen and oxygen atoms in total. The van der Waals surface area contributed by atoms with Crippen molar-refractivity contribution in [1.82, 2.24) is 0 Å². The molecule has 0 saturated carbocycles. The average molecular weight is 424 g/mol. The zero-order chi connectivity index (χ0) is 22.0. The summed E-state index contributed by atoms with van der Waals surface area (Å²) >= 11 is 0. The van der Waals surface area contributed by atoms with E-state index < -0.39 is 23.6 Å². The predicted molar refractivity (Wildman–Crippen MR) is 107 cm³/mol. The first-order chi connectivity index (χ1) is 15.0. The summed E-state index contributed by atoms with van der Waals surface area (Å²) in [4.78, 5) is 24.8. The molecule has 2 aliphatic rings. The number of hydrogen-bond acceptors (Lipinski definition) is 8. The normalized spacial score (nSPS) is 20.7. The van der Waals surface area contributed by atoms with E-state index >= 15 is 0 Å². The number of aliphatic hydroxyl groups is 1. The molecule has 4 rings (SSSR count). The third-order valence-electron chi connectivity index (χ3n) is 5.16. The third-order valence-corrected chi connectivity index (χ3v) is 5.16. The summed E-state index contributed by atoms with van der Waals surface area (Å²) in [5.41, 5.74) is 1.20. The van der Waals surface area contributed by atoms with Gasteiger partial charge in [-0.15, -0.1) is 0 Å². The van der Waals surface area contributed by atoms with Crippen LogP contribution >= 0.6 is 0 Å². The van der Waals surface area contributed by atoms with Gasteiger partial charge in [0.05, 0.1) is 25.7 Å². The van der Waals surface area contributed by atoms with Crippen LogP contribution in [0.3, 0.4) is 0 Å². The number of rotatable bonds is 6. The van der Waals surface area contributed by atoms with Crippen molar-refractivity contribution in [2.45, 2.75) is 11.7 Å². The second kappa shape index (κ2) is 8.16. The summed E-state index contributed by atoms with van der Waals surface area (Å²) in [6.45, 7) is -0.0325. The lowest BCUT2D eigenvalue weighted by molar-refractivity contribution is -0.186. The van der Waals surface area contributed by atoms with Crippen molar-refractivity contribution in [3.8, 4) is 5.75 Å². The number of benzene rings is 2. The molecule has 160 valence electrons. The van der Waals surface area contributed by atoms with Crippen LogP contribution in [0.15, 0.2) is 72.2 Å². The van der Waals surface area contributed by atoms with Crippen LogP contribution in [0.4, 0.5) is 0 Å². The highest BCUT2D eigenvalue weighted by Crippen LogP contribution is 2.48. The molecule has 2 unspecified atom stereocenters. The molecule has 8 heteroatoms. The van der Waals surface area contributed by atoms with Crippen molar-refractivity contribution in [2.24, 2.45) is 0 Å². The Morgan fingerprint density at radius 2 is 1.87 bits per heavy atom. The predicted octanol–water partition coefficient (Wildman–Crippen LogP) is 2.74. The van der Waals surface area contributed by atoms with E-state index in [1.165, 1.54) is 26.6 Å². The minimum absolute atomic E-state index is 0.0325. The van der Waals surface area contributed by atoms with Crippen LogP contribution in [0.1, 0.15) is 27.4 Å². The maximum Gasteiger partial charge on any atom is 0.338 e. The van der Waals surface area contributed by atoms with Gasteiger partial charge in [0.25, 0.3) is 5.79 Å². The second-order valence-electron chi connectivity index (χ2n) is 6.85. The molecule has 0 fully saturated rings. The molecule has 2 aromatic rings. The molecule has 0 saturated heterocycles. The Hall–Kier alpha value is -3.78. The number of cyclic esters (lactones) is 1. The van der Waals surface area contributed by atoms with Crippen LogP contribution in [0.25, 0.3) is 0 Å². The van der Waals surface area contributed by atoms with E-state index in [1.54, 1.807) is 48.5 Å². The number of esters is 2. The molecule has 31 heavy (non-hydrogen) atoms. The summed E-state index contributed by atoms with van der Waals surface area (Å²) in [5, 5.41) is 11.5. The number of allylic oxidation sites excluding steroid dienone is 1. The van der Waals surface area contributed by atoms with Gasteiger partial charge in [-0.05, 0) is 35.9 Å². The fourth-order valence-electron chi connectivity index (χ4n) is 3.70. The van der Waals surface area contributed by atoms with Gasteiger partial charge in [0.2, 0.25) is 6.79 Å². The zero-order valence-electron chi connectivity index (χ0n) is 16.9. The maximum atomic E-state index is 12.4. The second-order valence-corrected chi connectivity index (χ2v) is 6.85. The van der Waals surface area contributed by atoms with E-state index in [-0.39, 0.29) is 17.9 Å². The summed E-state index contributed by atoms with van der Waals surface area (Å²) in [7, 11) is 2.80. The Morgan fingerprint density at radius 3 is 2.52 bits per heavy atom. The van der Waals surface area contributed by atoms with Gasteiger partial charge in [0.1, 0.15) is 17.8 Å². The fraction of sp³-hybridized carbons (Fsp3) is 0.217. The van der Waals surface area contributed by atoms with E-state index in [2.05, 4.69) is 0 Å². The monoisotopic (exact) mass is 424 g/mol. The van der Waals surface area contributed by atoms with Gasteiger partial charge in [-0.1, -0.05) is 18.2 Å². The van der Waals surface area contributed by atoms with Gasteiger partial charge in [-0.3, -0.25) is 0 Å². The van der Waals surface area contributed by atoms with Gasteiger partial charge >= 0.3 is 11.9 Å². The minimum Gasteiger partial charge on any atom is -0.497 e. The Morgan fingerprint density at radius 1 is 1.13 bits per heavy atom. The average Bonchev–Trinajstić information content (AvgIpc) is 3.42. The van der Waals surface area contributed by atoms with E-state index in [1.807, 2.05) is 0 Å². The first-order valence-electron chi connectivity index (χ1n) is 9.41. The topological polar surface area (TPSA) is 101 Å². The lowest BCUT2D eigenvalue weighted by atomic mass is 9.81. The fourth-order valence-corrected chi connectivity index (χ4v) is 3.70. The van der Waals surface area contributed by atoms with Gasteiger partial charge in [0.15, 0.2) is 0 Å². The molecule has 1 N–H and O–H groups in total. The van der Waals surface area contributed by atoms with Crippen LogP contribution < -0.4 is 4.74 Å². The number of hydrogen-bond donors (Lipinski definition) is 1. The van der Waals surface area contributed by atoms with Crippen molar-refractivity contribution < 1.29 is 38.4 Å². The van der Waals surface area contributed by atoms with Gasteiger partial charge in [0, 0.05) is 17.2 Å². The maximum absolute atomic E-state index is 12.4. The van der Waals surface area contributed by atoms with Crippen LogP contribution in [0, 0.1) is 0 Å². The Bertz CT molecular complexity index is 1070. The number of methoxy groups -OCH3 is 2. The molecule has 0 aliphatic carbocycles. The molecule has 2 heterocycles. The smallest absolute Gasteiger partial charge is 0.338 e. The summed E-state index contributed by atoms with van der Waals surface area (Å²) in [5.74, 6) is -3.36. The molecular weight excluding hydrogens is 404 g/mol. The van der Waals surface area contributed by atoms with Gasteiger partial charge in [-0.25, -0.2) is 9.59 Å². The summed E-state index contributed by atoms with van der Waals surface area (Å²) in [6.07, 6.45) is 2.59. The molecule has 0 radical (unpaired) electrons. The molecule has 2 aliphatic heterocycles. The quantitative estimate of drug-likeness (QED) is 0.707. The first kappa shape index (κ1) is 20.5. The lowest BCUT2D eigenvalue weighted by Crippen LogP contribution is -2.32. The van der Waals surface area contributed by atoms with Gasteiger partial charge in [-0.2, -0.15) is 0 Å². The SMILES string of the molecule is COC(=O)c1ccccc1C(C1=COCO1)C1=CC(=O)OC1(O)c1ccc(OC)cc1. The molecular formula is C23H20O8. The van der Waals surface area contributed by atoms with Crippen LogP contribution in [-0.4, -0.2) is 38.1 Å². The lowest BCUT2D eigenvalue weighted by Gasteiger charge is -2.31. The highest BCUT2D eigenvalue weighted by molar-refractivity contribution is 5.92. The number of carbonyl (C=O) groups excluding carboxylic acids is 2. The summed E-state index contributed by atoms with van der Waals surface area (Å²) < 4.78 is 26.3. The highest BCUT2D eigenvalue weighted by Gasteiger charge is 2.49. The van der Waals surface area contributed by atoms with Crippen molar-refractivity contribution >= 4 is 11.9 Å². The van der Waals surface area contributed by atoms with E-state index in [4.69, 9.17) is 23.7 Å². The van der Waals surface area contributed by atoms with Crippen molar-refractivity contribution in [3.05, 3.63) is 88.9 Å². The Labute approximate surface area is 178 Å². The molecule has 2 atom stereocenters.